The number of methoxy groups -OCH3 is 1. The van der Waals surface area contributed by atoms with E-state index < -0.39 is 0 Å². The van der Waals surface area contributed by atoms with Crippen LogP contribution in [-0.2, 0) is 4.74 Å². The highest BCUT2D eigenvalue weighted by Gasteiger charge is 2.34. The molecular formula is C16H33NO. The van der Waals surface area contributed by atoms with Crippen LogP contribution in [0.4, 0.5) is 0 Å². The lowest BCUT2D eigenvalue weighted by Gasteiger charge is -2.39. The first kappa shape index (κ1) is 16.0. The van der Waals surface area contributed by atoms with Crippen molar-refractivity contribution in [3.63, 3.8) is 0 Å². The Hall–Kier alpha value is -0.0800. The fourth-order valence-corrected chi connectivity index (χ4v) is 3.16. The first-order chi connectivity index (χ1) is 8.66. The van der Waals surface area contributed by atoms with Crippen LogP contribution in [0.1, 0.15) is 72.1 Å². The van der Waals surface area contributed by atoms with Gasteiger partial charge in [0.15, 0.2) is 0 Å². The molecule has 2 nitrogen and oxygen atoms in total. The Bertz CT molecular complexity index is 207. The van der Waals surface area contributed by atoms with Gasteiger partial charge in [-0.15, -0.1) is 0 Å². The molecule has 0 amide bonds. The van der Waals surface area contributed by atoms with Gasteiger partial charge >= 0.3 is 0 Å². The van der Waals surface area contributed by atoms with E-state index in [-0.39, 0.29) is 5.60 Å². The predicted octanol–water partition coefficient (Wildman–Crippen LogP) is 4.14. The van der Waals surface area contributed by atoms with E-state index in [2.05, 4.69) is 26.1 Å². The van der Waals surface area contributed by atoms with E-state index in [1.54, 1.807) is 0 Å². The minimum absolute atomic E-state index is 0.00732. The molecule has 108 valence electrons. The zero-order valence-corrected chi connectivity index (χ0v) is 12.9. The fourth-order valence-electron chi connectivity index (χ4n) is 3.16. The zero-order chi connectivity index (χ0) is 13.4. The SMILES string of the molecule is CCCNC(CC1CCCCC1)C(C)(CC)OC. The maximum absolute atomic E-state index is 5.83. The molecule has 2 atom stereocenters. The summed E-state index contributed by atoms with van der Waals surface area (Å²) in [7, 11) is 1.87. The second-order valence-corrected chi connectivity index (χ2v) is 6.12. The molecule has 1 N–H and O–H groups in total. The van der Waals surface area contributed by atoms with Gasteiger partial charge in [0.2, 0.25) is 0 Å². The predicted molar refractivity (Wildman–Crippen MR) is 79.0 cm³/mol. The normalized spacial score (nSPS) is 22.7. The molecule has 18 heavy (non-hydrogen) atoms. The van der Waals surface area contributed by atoms with Crippen molar-refractivity contribution in [3.05, 3.63) is 0 Å². The molecule has 0 bridgehead atoms. The van der Waals surface area contributed by atoms with Crippen molar-refractivity contribution in [1.29, 1.82) is 0 Å². The third kappa shape index (κ3) is 4.55. The Kier molecular flexibility index (Phi) is 7.25. The van der Waals surface area contributed by atoms with Crippen molar-refractivity contribution in [2.45, 2.75) is 83.8 Å². The zero-order valence-electron chi connectivity index (χ0n) is 12.9. The van der Waals surface area contributed by atoms with Gasteiger partial charge in [-0.25, -0.2) is 0 Å². The van der Waals surface area contributed by atoms with Crippen LogP contribution in [0.2, 0.25) is 0 Å². The molecule has 0 aromatic rings. The summed E-state index contributed by atoms with van der Waals surface area (Å²) >= 11 is 0. The second kappa shape index (κ2) is 8.16. The van der Waals surface area contributed by atoms with Gasteiger partial charge in [0.1, 0.15) is 0 Å². The Labute approximate surface area is 114 Å². The number of rotatable bonds is 8. The number of hydrogen-bond acceptors (Lipinski definition) is 2. The highest BCUT2D eigenvalue weighted by atomic mass is 16.5. The molecule has 1 saturated carbocycles. The van der Waals surface area contributed by atoms with Crippen molar-refractivity contribution in [2.75, 3.05) is 13.7 Å². The largest absolute Gasteiger partial charge is 0.377 e. The molecule has 0 radical (unpaired) electrons. The molecule has 0 aromatic carbocycles. The number of ether oxygens (including phenoxy) is 1. The van der Waals surface area contributed by atoms with E-state index in [1.165, 1.54) is 44.9 Å². The summed E-state index contributed by atoms with van der Waals surface area (Å²) in [4.78, 5) is 0. The van der Waals surface area contributed by atoms with Gasteiger partial charge in [-0.05, 0) is 38.6 Å². The van der Waals surface area contributed by atoms with Crippen molar-refractivity contribution < 1.29 is 4.74 Å². The molecule has 1 fully saturated rings. The summed E-state index contributed by atoms with van der Waals surface area (Å²) < 4.78 is 5.83. The average Bonchev–Trinajstić information content (AvgIpc) is 2.43. The lowest BCUT2D eigenvalue weighted by molar-refractivity contribution is -0.0362. The summed E-state index contributed by atoms with van der Waals surface area (Å²) in [5.74, 6) is 0.911. The molecule has 0 heterocycles. The standard InChI is InChI=1S/C16H33NO/c1-5-12-17-15(16(3,6-2)18-4)13-14-10-8-7-9-11-14/h14-15,17H,5-13H2,1-4H3. The van der Waals surface area contributed by atoms with E-state index in [0.717, 1.165) is 18.9 Å². The minimum Gasteiger partial charge on any atom is -0.377 e. The Morgan fingerprint density at radius 2 is 1.89 bits per heavy atom. The molecule has 0 spiro atoms. The van der Waals surface area contributed by atoms with E-state index in [1.807, 2.05) is 7.11 Å². The highest BCUT2D eigenvalue weighted by molar-refractivity contribution is 4.90. The van der Waals surface area contributed by atoms with Crippen LogP contribution in [0.3, 0.4) is 0 Å². The monoisotopic (exact) mass is 255 g/mol. The van der Waals surface area contributed by atoms with E-state index >= 15 is 0 Å². The Morgan fingerprint density at radius 3 is 2.39 bits per heavy atom. The summed E-state index contributed by atoms with van der Waals surface area (Å²) in [6.45, 7) is 7.85. The van der Waals surface area contributed by atoms with Crippen LogP contribution < -0.4 is 5.32 Å². The molecule has 2 unspecified atom stereocenters. The third-order valence-electron chi connectivity index (χ3n) is 4.84. The molecular weight excluding hydrogens is 222 g/mol. The van der Waals surface area contributed by atoms with Gasteiger partial charge in [0, 0.05) is 13.2 Å². The minimum atomic E-state index is -0.00732. The van der Waals surface area contributed by atoms with Crippen molar-refractivity contribution in [2.24, 2.45) is 5.92 Å². The van der Waals surface area contributed by atoms with E-state index in [9.17, 15) is 0 Å². The first-order valence-electron chi connectivity index (χ1n) is 7.94. The maximum atomic E-state index is 5.83. The average molecular weight is 255 g/mol. The molecule has 0 aromatic heterocycles. The van der Waals surface area contributed by atoms with E-state index in [4.69, 9.17) is 4.74 Å². The van der Waals surface area contributed by atoms with Gasteiger partial charge < -0.3 is 10.1 Å². The van der Waals surface area contributed by atoms with Gasteiger partial charge in [0.25, 0.3) is 0 Å². The summed E-state index contributed by atoms with van der Waals surface area (Å²) in [6.07, 6.45) is 10.7. The Balaban J connectivity index is 2.58. The van der Waals surface area contributed by atoms with Crippen LogP contribution in [0.5, 0.6) is 0 Å². The van der Waals surface area contributed by atoms with Crippen LogP contribution >= 0.6 is 0 Å². The van der Waals surface area contributed by atoms with Crippen molar-refractivity contribution >= 4 is 0 Å². The Morgan fingerprint density at radius 1 is 1.22 bits per heavy atom. The lowest BCUT2D eigenvalue weighted by Crippen LogP contribution is -2.51. The van der Waals surface area contributed by atoms with Gasteiger partial charge in [-0.3, -0.25) is 0 Å². The fraction of sp³-hybridized carbons (Fsp3) is 1.00. The smallest absolute Gasteiger partial charge is 0.0800 e. The molecule has 2 heteroatoms. The number of nitrogens with one attached hydrogen (secondary N) is 1. The summed E-state index contributed by atoms with van der Waals surface area (Å²) in [5, 5.41) is 3.73. The molecule has 1 aliphatic carbocycles. The summed E-state index contributed by atoms with van der Waals surface area (Å²) in [5.41, 5.74) is -0.00732. The van der Waals surface area contributed by atoms with Gasteiger partial charge in [0.05, 0.1) is 5.60 Å². The van der Waals surface area contributed by atoms with Crippen LogP contribution in [0, 0.1) is 5.92 Å². The first-order valence-corrected chi connectivity index (χ1v) is 7.94. The summed E-state index contributed by atoms with van der Waals surface area (Å²) in [6, 6.07) is 0.510. The van der Waals surface area contributed by atoms with Crippen LogP contribution in [0.25, 0.3) is 0 Å². The van der Waals surface area contributed by atoms with Crippen LogP contribution in [0.15, 0.2) is 0 Å². The van der Waals surface area contributed by atoms with Crippen molar-refractivity contribution in [1.82, 2.24) is 5.32 Å². The molecule has 1 aliphatic rings. The molecule has 0 aliphatic heterocycles. The van der Waals surface area contributed by atoms with Gasteiger partial charge in [-0.1, -0.05) is 46.0 Å². The molecule has 1 rings (SSSR count). The van der Waals surface area contributed by atoms with E-state index in [0.29, 0.717) is 6.04 Å². The van der Waals surface area contributed by atoms with Gasteiger partial charge in [-0.2, -0.15) is 0 Å². The third-order valence-corrected chi connectivity index (χ3v) is 4.84. The quantitative estimate of drug-likeness (QED) is 0.704. The lowest BCUT2D eigenvalue weighted by atomic mass is 9.79. The molecule has 0 saturated heterocycles. The highest BCUT2D eigenvalue weighted by Crippen LogP contribution is 2.31. The maximum Gasteiger partial charge on any atom is 0.0800 e. The second-order valence-electron chi connectivity index (χ2n) is 6.12. The van der Waals surface area contributed by atoms with Crippen molar-refractivity contribution in [3.8, 4) is 0 Å². The van der Waals surface area contributed by atoms with Crippen LogP contribution in [-0.4, -0.2) is 25.3 Å². The topological polar surface area (TPSA) is 21.3 Å². The number of hydrogen-bond donors (Lipinski definition) is 1.